The van der Waals surface area contributed by atoms with Crippen LogP contribution >= 0.6 is 0 Å². The van der Waals surface area contributed by atoms with Crippen LogP contribution in [0.4, 0.5) is 0 Å². The summed E-state index contributed by atoms with van der Waals surface area (Å²) >= 11 is 0. The first-order valence-corrected chi connectivity index (χ1v) is 15.9. The first kappa shape index (κ1) is 31.4. The molecule has 8 nitrogen and oxygen atoms in total. The zero-order valence-corrected chi connectivity index (χ0v) is 26.6. The van der Waals surface area contributed by atoms with E-state index in [4.69, 9.17) is 14.4 Å². The highest BCUT2D eigenvalue weighted by atomic mass is 16.7. The second kappa shape index (κ2) is 13.9. The van der Waals surface area contributed by atoms with Gasteiger partial charge in [0.05, 0.1) is 23.0 Å². The fourth-order valence-corrected chi connectivity index (χ4v) is 5.86. The Hall–Kier alpha value is -6.25. The number of hydrogen-bond donors (Lipinski definition) is 0. The van der Waals surface area contributed by atoms with E-state index in [2.05, 4.69) is 0 Å². The van der Waals surface area contributed by atoms with Gasteiger partial charge in [-0.25, -0.2) is 0 Å². The smallest absolute Gasteiger partial charge is 0.285 e. The summed E-state index contributed by atoms with van der Waals surface area (Å²) in [6.45, 7) is 1.65. The molecule has 1 unspecified atom stereocenters. The highest BCUT2D eigenvalue weighted by molar-refractivity contribution is 6.20. The molecule has 0 aliphatic carbocycles. The van der Waals surface area contributed by atoms with Crippen LogP contribution < -0.4 is 15.0 Å². The van der Waals surface area contributed by atoms with Gasteiger partial charge >= 0.3 is 0 Å². The van der Waals surface area contributed by atoms with Crippen molar-refractivity contribution in [3.05, 3.63) is 207 Å². The maximum absolute atomic E-state index is 13.9. The van der Waals surface area contributed by atoms with Crippen molar-refractivity contribution < 1.29 is 24.0 Å². The molecule has 1 atom stereocenters. The van der Waals surface area contributed by atoms with Gasteiger partial charge in [0.25, 0.3) is 11.8 Å². The molecular formula is C41H32N2O6. The number of pyridine rings is 1. The zero-order valence-electron chi connectivity index (χ0n) is 26.6. The molecule has 0 N–H and O–H groups in total. The predicted molar refractivity (Wildman–Crippen MR) is 184 cm³/mol. The number of carbonyl (C=O) groups is 2. The summed E-state index contributed by atoms with van der Waals surface area (Å²) in [6.07, 6.45) is -0.685. The Balaban J connectivity index is 1.31. The highest BCUT2D eigenvalue weighted by Gasteiger charge is 2.38. The summed E-state index contributed by atoms with van der Waals surface area (Å²) in [5.74, 6) is -1.13. The number of carbonyl (C=O) groups excluding carboxylic acids is 2. The molecular weight excluding hydrogens is 616 g/mol. The van der Waals surface area contributed by atoms with Crippen LogP contribution in [0.15, 0.2) is 163 Å². The molecule has 0 saturated carbocycles. The Morgan fingerprint density at radius 1 is 0.510 bits per heavy atom. The van der Waals surface area contributed by atoms with Crippen molar-refractivity contribution in [3.8, 4) is 5.75 Å². The average Bonchev–Trinajstić information content (AvgIpc) is 3.39. The molecule has 242 valence electrons. The summed E-state index contributed by atoms with van der Waals surface area (Å²) in [5, 5.41) is 0.737. The monoisotopic (exact) mass is 648 g/mol. The average molecular weight is 649 g/mol. The Morgan fingerprint density at radius 3 is 1.37 bits per heavy atom. The number of amides is 2. The van der Waals surface area contributed by atoms with Crippen molar-refractivity contribution in [3.63, 3.8) is 0 Å². The second-order valence-corrected chi connectivity index (χ2v) is 11.6. The lowest BCUT2D eigenvalue weighted by Crippen LogP contribution is -2.33. The lowest BCUT2D eigenvalue weighted by Gasteiger charge is -2.27. The van der Waals surface area contributed by atoms with Crippen molar-refractivity contribution >= 4 is 11.8 Å². The molecule has 6 aromatic rings. The number of imide groups is 1. The van der Waals surface area contributed by atoms with Crippen LogP contribution in [0.25, 0.3) is 0 Å². The SMILES string of the molecule is CC(ON1C(=O)c2ccccc2C1=O)c1cc(=O)c(OC(c2ccccc2)c2ccccc2)cn1OC(c1ccccc1)c1ccccc1. The summed E-state index contributed by atoms with van der Waals surface area (Å²) in [7, 11) is 0. The molecule has 7 rings (SSSR count). The topological polar surface area (TPSA) is 87.1 Å². The van der Waals surface area contributed by atoms with Crippen LogP contribution in [0.2, 0.25) is 0 Å². The Labute approximate surface area is 283 Å². The summed E-state index contributed by atoms with van der Waals surface area (Å²) in [4.78, 5) is 53.0. The highest BCUT2D eigenvalue weighted by Crippen LogP contribution is 2.31. The minimum absolute atomic E-state index is 0.0364. The second-order valence-electron chi connectivity index (χ2n) is 11.6. The molecule has 0 saturated heterocycles. The minimum Gasteiger partial charge on any atom is -0.475 e. The summed E-state index contributed by atoms with van der Waals surface area (Å²) < 4.78 is 7.96. The minimum atomic E-state index is -0.977. The van der Waals surface area contributed by atoms with E-state index in [1.165, 1.54) is 17.0 Å². The molecule has 8 heteroatoms. The summed E-state index contributed by atoms with van der Waals surface area (Å²) in [5.41, 5.74) is 3.78. The third-order valence-electron chi connectivity index (χ3n) is 8.32. The molecule has 5 aromatic carbocycles. The van der Waals surface area contributed by atoms with Crippen molar-refractivity contribution in [2.45, 2.75) is 25.2 Å². The lowest BCUT2D eigenvalue weighted by atomic mass is 10.0. The molecule has 1 aromatic heterocycles. The normalized spacial score (nSPS) is 13.1. The van der Waals surface area contributed by atoms with Gasteiger partial charge in [0.2, 0.25) is 5.43 Å². The third-order valence-corrected chi connectivity index (χ3v) is 8.32. The molecule has 0 fully saturated rings. The number of rotatable bonds is 11. The van der Waals surface area contributed by atoms with Crippen molar-refractivity contribution in [1.29, 1.82) is 0 Å². The molecule has 1 aliphatic heterocycles. The fourth-order valence-electron chi connectivity index (χ4n) is 5.86. The number of hydroxylamine groups is 2. The number of benzene rings is 5. The lowest BCUT2D eigenvalue weighted by molar-refractivity contribution is -0.134. The van der Waals surface area contributed by atoms with Crippen LogP contribution in [-0.2, 0) is 4.84 Å². The van der Waals surface area contributed by atoms with E-state index in [1.807, 2.05) is 121 Å². The maximum atomic E-state index is 13.9. The third kappa shape index (κ3) is 6.50. The van der Waals surface area contributed by atoms with Gasteiger partial charge in [0, 0.05) is 6.07 Å². The molecule has 49 heavy (non-hydrogen) atoms. The largest absolute Gasteiger partial charge is 0.475 e. The van der Waals surface area contributed by atoms with E-state index < -0.39 is 35.6 Å². The predicted octanol–water partition coefficient (Wildman–Crippen LogP) is 7.52. The van der Waals surface area contributed by atoms with Crippen molar-refractivity contribution in [1.82, 2.24) is 9.79 Å². The van der Waals surface area contributed by atoms with Crippen LogP contribution in [0.1, 0.15) is 73.9 Å². The van der Waals surface area contributed by atoms with Crippen LogP contribution in [0.5, 0.6) is 5.75 Å². The van der Waals surface area contributed by atoms with Crippen molar-refractivity contribution in [2.75, 3.05) is 0 Å². The van der Waals surface area contributed by atoms with Crippen LogP contribution in [-0.4, -0.2) is 21.6 Å². The van der Waals surface area contributed by atoms with E-state index in [1.54, 1.807) is 31.2 Å². The van der Waals surface area contributed by atoms with Gasteiger partial charge in [-0.2, -0.15) is 4.73 Å². The van der Waals surface area contributed by atoms with Crippen LogP contribution in [0, 0.1) is 0 Å². The van der Waals surface area contributed by atoms with Gasteiger partial charge in [-0.3, -0.25) is 19.2 Å². The van der Waals surface area contributed by atoms with E-state index in [0.29, 0.717) is 0 Å². The molecule has 0 radical (unpaired) electrons. The number of aromatic nitrogens is 1. The number of fused-ring (bicyclic) bond motifs is 1. The number of ether oxygens (including phenoxy) is 1. The van der Waals surface area contributed by atoms with E-state index >= 15 is 0 Å². The Kier molecular flexibility index (Phi) is 8.86. The fraction of sp³-hybridized carbons (Fsp3) is 0.0976. The van der Waals surface area contributed by atoms with Gasteiger partial charge in [-0.05, 0) is 41.3 Å². The van der Waals surface area contributed by atoms with E-state index in [0.717, 1.165) is 27.3 Å². The molecule has 1 aliphatic rings. The number of nitrogens with zero attached hydrogens (tertiary/aromatic N) is 2. The standard InChI is InChI=1S/C41H32N2O6/c1-28(48-43-40(45)33-24-14-15-25-34(33)41(43)46)35-26-36(44)37(47-38(29-16-6-2-7-17-29)30-18-8-3-9-19-30)27-42(35)49-39(31-20-10-4-11-21-31)32-22-12-5-13-23-32/h2-28,38-39H,1H3. The van der Waals surface area contributed by atoms with Gasteiger partial charge in [0.1, 0.15) is 12.2 Å². The van der Waals surface area contributed by atoms with E-state index in [-0.39, 0.29) is 22.6 Å². The molecule has 0 bridgehead atoms. The van der Waals surface area contributed by atoms with Crippen molar-refractivity contribution in [2.24, 2.45) is 0 Å². The Bertz CT molecular complexity index is 2020. The Morgan fingerprint density at radius 2 is 0.918 bits per heavy atom. The first-order valence-electron chi connectivity index (χ1n) is 15.9. The molecule has 0 spiro atoms. The quantitative estimate of drug-likeness (QED) is 0.135. The molecule has 2 amide bonds. The zero-order chi connectivity index (χ0) is 33.7. The van der Waals surface area contributed by atoms with Gasteiger partial charge in [-0.1, -0.05) is 133 Å². The summed E-state index contributed by atoms with van der Waals surface area (Å²) in [6, 6.07) is 46.5. The van der Waals surface area contributed by atoms with E-state index in [9.17, 15) is 14.4 Å². The molecule has 2 heterocycles. The van der Waals surface area contributed by atoms with Gasteiger partial charge in [-0.15, -0.1) is 5.06 Å². The maximum Gasteiger partial charge on any atom is 0.285 e. The first-order chi connectivity index (χ1) is 24.0. The number of hydrogen-bond acceptors (Lipinski definition) is 6. The van der Waals surface area contributed by atoms with Crippen LogP contribution in [0.3, 0.4) is 0 Å². The van der Waals surface area contributed by atoms with Gasteiger partial charge in [0.15, 0.2) is 11.9 Å². The van der Waals surface area contributed by atoms with Gasteiger partial charge < -0.3 is 9.57 Å².